The molecular formula is C20H27FN4O2S. The first-order valence-corrected chi connectivity index (χ1v) is 10.6. The average Bonchev–Trinajstić information content (AvgIpc) is 2.72. The molecule has 2 heterocycles. The molecular weight excluding hydrogens is 379 g/mol. The van der Waals surface area contributed by atoms with Crippen molar-refractivity contribution in [3.63, 3.8) is 0 Å². The first-order valence-electron chi connectivity index (χ1n) is 9.37. The van der Waals surface area contributed by atoms with Crippen LogP contribution < -0.4 is 4.74 Å². The Morgan fingerprint density at radius 2 is 2.04 bits per heavy atom. The van der Waals surface area contributed by atoms with Crippen LogP contribution in [0.15, 0.2) is 35.7 Å². The van der Waals surface area contributed by atoms with Crippen LogP contribution in [0, 0.1) is 5.82 Å². The van der Waals surface area contributed by atoms with E-state index in [1.807, 2.05) is 18.6 Å². The Hall–Kier alpha value is -1.74. The van der Waals surface area contributed by atoms with E-state index in [9.17, 15) is 9.50 Å². The average molecular weight is 407 g/mol. The van der Waals surface area contributed by atoms with Crippen molar-refractivity contribution in [1.82, 2.24) is 19.8 Å². The van der Waals surface area contributed by atoms with E-state index in [2.05, 4.69) is 19.8 Å². The zero-order valence-corrected chi connectivity index (χ0v) is 17.2. The molecule has 152 valence electrons. The van der Waals surface area contributed by atoms with Crippen LogP contribution in [0.1, 0.15) is 17.5 Å². The van der Waals surface area contributed by atoms with Gasteiger partial charge in [0.1, 0.15) is 11.6 Å². The van der Waals surface area contributed by atoms with Crippen LogP contribution in [0.2, 0.25) is 0 Å². The Bertz CT molecular complexity index is 762. The number of aliphatic hydroxyl groups excluding tert-OH is 1. The summed E-state index contributed by atoms with van der Waals surface area (Å²) in [5, 5.41) is 10.3. The van der Waals surface area contributed by atoms with Crippen molar-refractivity contribution in [2.45, 2.75) is 30.7 Å². The summed E-state index contributed by atoms with van der Waals surface area (Å²) in [5.74, 6) is 0.267. The second-order valence-electron chi connectivity index (χ2n) is 6.91. The van der Waals surface area contributed by atoms with E-state index in [0.717, 1.165) is 36.9 Å². The highest BCUT2D eigenvalue weighted by atomic mass is 32.2. The van der Waals surface area contributed by atoms with Gasteiger partial charge in [-0.15, -0.1) is 0 Å². The van der Waals surface area contributed by atoms with Crippen molar-refractivity contribution in [3.8, 4) is 5.75 Å². The Balaban J connectivity index is 1.63. The van der Waals surface area contributed by atoms with Crippen LogP contribution >= 0.6 is 11.8 Å². The van der Waals surface area contributed by atoms with Crippen LogP contribution in [-0.4, -0.2) is 70.5 Å². The van der Waals surface area contributed by atoms with Gasteiger partial charge in [0.2, 0.25) is 0 Å². The number of benzene rings is 1. The molecule has 28 heavy (non-hydrogen) atoms. The van der Waals surface area contributed by atoms with E-state index in [1.54, 1.807) is 12.1 Å². The SMILES string of the molecule is COc1ccc(CN2CCN(Cc3cnc(SC)nc3)C[C@H]2CCO)c(F)c1. The first-order chi connectivity index (χ1) is 13.6. The maximum absolute atomic E-state index is 14.3. The van der Waals surface area contributed by atoms with Crippen molar-refractivity contribution < 1.29 is 14.2 Å². The van der Waals surface area contributed by atoms with Gasteiger partial charge in [0.25, 0.3) is 0 Å². The van der Waals surface area contributed by atoms with Crippen molar-refractivity contribution >= 4 is 11.8 Å². The maximum atomic E-state index is 14.3. The lowest BCUT2D eigenvalue weighted by Crippen LogP contribution is -2.52. The first kappa shape index (κ1) is 21.0. The molecule has 1 N–H and O–H groups in total. The number of aliphatic hydroxyl groups is 1. The lowest BCUT2D eigenvalue weighted by molar-refractivity contribution is 0.0492. The van der Waals surface area contributed by atoms with Crippen LogP contribution in [0.4, 0.5) is 4.39 Å². The molecule has 1 atom stereocenters. The van der Waals surface area contributed by atoms with Gasteiger partial charge in [-0.25, -0.2) is 14.4 Å². The molecule has 0 bridgehead atoms. The van der Waals surface area contributed by atoms with Crippen molar-refractivity contribution in [1.29, 1.82) is 0 Å². The quantitative estimate of drug-likeness (QED) is 0.534. The molecule has 1 saturated heterocycles. The third kappa shape index (κ3) is 5.41. The van der Waals surface area contributed by atoms with E-state index in [1.165, 1.54) is 24.9 Å². The normalized spacial score (nSPS) is 18.4. The lowest BCUT2D eigenvalue weighted by atomic mass is 10.1. The summed E-state index contributed by atoms with van der Waals surface area (Å²) >= 11 is 1.53. The van der Waals surface area contributed by atoms with Gasteiger partial charge in [-0.3, -0.25) is 9.80 Å². The molecule has 1 aliphatic heterocycles. The number of aromatic nitrogens is 2. The maximum Gasteiger partial charge on any atom is 0.187 e. The lowest BCUT2D eigenvalue weighted by Gasteiger charge is -2.41. The molecule has 0 amide bonds. The molecule has 8 heteroatoms. The third-order valence-electron chi connectivity index (χ3n) is 5.06. The number of nitrogens with zero attached hydrogens (tertiary/aromatic N) is 4. The van der Waals surface area contributed by atoms with Gasteiger partial charge in [-0.05, 0) is 18.7 Å². The number of methoxy groups -OCH3 is 1. The van der Waals surface area contributed by atoms with Crippen LogP contribution in [0.5, 0.6) is 5.75 Å². The zero-order chi connectivity index (χ0) is 19.9. The van der Waals surface area contributed by atoms with Crippen molar-refractivity contribution in [2.75, 3.05) is 39.6 Å². The summed E-state index contributed by atoms with van der Waals surface area (Å²) < 4.78 is 19.4. The fraction of sp³-hybridized carbons (Fsp3) is 0.500. The summed E-state index contributed by atoms with van der Waals surface area (Å²) in [6.07, 6.45) is 6.37. The Morgan fingerprint density at radius 3 is 2.68 bits per heavy atom. The smallest absolute Gasteiger partial charge is 0.187 e. The molecule has 0 radical (unpaired) electrons. The third-order valence-corrected chi connectivity index (χ3v) is 5.63. The summed E-state index contributed by atoms with van der Waals surface area (Å²) in [5.41, 5.74) is 1.73. The van der Waals surface area contributed by atoms with Crippen LogP contribution in [-0.2, 0) is 13.1 Å². The summed E-state index contributed by atoms with van der Waals surface area (Å²) in [6.45, 7) is 3.94. The Labute approximate surface area is 169 Å². The standard InChI is InChI=1S/C20H27FN4O2S/c1-27-18-4-3-16(19(21)9-18)13-25-7-6-24(14-17(25)5-8-26)12-15-10-22-20(28-2)23-11-15/h3-4,9-11,17,26H,5-8,12-14H2,1-2H3/t17-/m1/s1. The van der Waals surface area contributed by atoms with E-state index < -0.39 is 0 Å². The van der Waals surface area contributed by atoms with E-state index in [4.69, 9.17) is 4.74 Å². The molecule has 0 saturated carbocycles. The zero-order valence-electron chi connectivity index (χ0n) is 16.3. The van der Waals surface area contributed by atoms with Gasteiger partial charge >= 0.3 is 0 Å². The van der Waals surface area contributed by atoms with Gasteiger partial charge in [-0.2, -0.15) is 0 Å². The molecule has 1 aromatic heterocycles. The topological polar surface area (TPSA) is 61.7 Å². The molecule has 0 spiro atoms. The number of hydrogen-bond acceptors (Lipinski definition) is 7. The van der Waals surface area contributed by atoms with Gasteiger partial charge in [-0.1, -0.05) is 17.8 Å². The number of thioether (sulfide) groups is 1. The van der Waals surface area contributed by atoms with Gasteiger partial charge < -0.3 is 9.84 Å². The molecule has 6 nitrogen and oxygen atoms in total. The minimum absolute atomic E-state index is 0.117. The van der Waals surface area contributed by atoms with Crippen molar-refractivity contribution in [3.05, 3.63) is 47.5 Å². The van der Waals surface area contributed by atoms with Gasteiger partial charge in [0, 0.05) is 75.0 Å². The Kier molecular flexibility index (Phi) is 7.61. The molecule has 0 unspecified atom stereocenters. The molecule has 1 aliphatic rings. The summed E-state index contributed by atoms with van der Waals surface area (Å²) in [6, 6.07) is 5.16. The highest BCUT2D eigenvalue weighted by Gasteiger charge is 2.27. The predicted molar refractivity (Wildman–Crippen MR) is 108 cm³/mol. The molecule has 1 aromatic carbocycles. The predicted octanol–water partition coefficient (Wildman–Crippen LogP) is 2.42. The number of ether oxygens (including phenoxy) is 1. The van der Waals surface area contributed by atoms with E-state index >= 15 is 0 Å². The molecule has 1 fully saturated rings. The monoisotopic (exact) mass is 406 g/mol. The highest BCUT2D eigenvalue weighted by Crippen LogP contribution is 2.22. The van der Waals surface area contributed by atoms with E-state index in [0.29, 0.717) is 24.3 Å². The summed E-state index contributed by atoms with van der Waals surface area (Å²) in [4.78, 5) is 13.3. The fourth-order valence-corrected chi connectivity index (χ4v) is 3.84. The van der Waals surface area contributed by atoms with Gasteiger partial charge in [0.05, 0.1) is 7.11 Å². The minimum Gasteiger partial charge on any atom is -0.497 e. The van der Waals surface area contributed by atoms with E-state index in [-0.39, 0.29) is 18.5 Å². The molecule has 2 aromatic rings. The fourth-order valence-electron chi connectivity index (χ4n) is 3.52. The molecule has 3 rings (SSSR count). The second kappa shape index (κ2) is 10.2. The number of halogens is 1. The van der Waals surface area contributed by atoms with Gasteiger partial charge in [0.15, 0.2) is 5.16 Å². The second-order valence-corrected chi connectivity index (χ2v) is 7.68. The van der Waals surface area contributed by atoms with Crippen LogP contribution in [0.25, 0.3) is 0 Å². The Morgan fingerprint density at radius 1 is 1.25 bits per heavy atom. The number of rotatable bonds is 8. The molecule has 0 aliphatic carbocycles. The number of piperazine rings is 1. The number of hydrogen-bond donors (Lipinski definition) is 1. The minimum atomic E-state index is -0.254. The highest BCUT2D eigenvalue weighted by molar-refractivity contribution is 7.98. The summed E-state index contributed by atoms with van der Waals surface area (Å²) in [7, 11) is 1.53. The van der Waals surface area contributed by atoms with Crippen molar-refractivity contribution in [2.24, 2.45) is 0 Å². The van der Waals surface area contributed by atoms with Crippen LogP contribution in [0.3, 0.4) is 0 Å². The largest absolute Gasteiger partial charge is 0.497 e.